The van der Waals surface area contributed by atoms with Gasteiger partial charge in [0.1, 0.15) is 5.76 Å². The summed E-state index contributed by atoms with van der Waals surface area (Å²) in [5, 5.41) is 9.60. The lowest BCUT2D eigenvalue weighted by atomic mass is 10.2. The Morgan fingerprint density at radius 1 is 1.26 bits per heavy atom. The van der Waals surface area contributed by atoms with Gasteiger partial charge in [-0.15, -0.1) is 10.2 Å². The van der Waals surface area contributed by atoms with E-state index in [1.807, 2.05) is 31.2 Å². The number of nitrogens with zero attached hydrogens (tertiary/aromatic N) is 3. The van der Waals surface area contributed by atoms with Crippen LogP contribution in [0.4, 0.5) is 0 Å². The molecule has 0 atom stereocenters. The third kappa shape index (κ3) is 3.76. The summed E-state index contributed by atoms with van der Waals surface area (Å²) in [6.45, 7) is 6.53. The predicted molar refractivity (Wildman–Crippen MR) is 96.8 cm³/mol. The fraction of sp³-hybridized carbons (Fsp3) is 0.176. The van der Waals surface area contributed by atoms with Gasteiger partial charge < -0.3 is 4.42 Å². The molecule has 0 fully saturated rings. The Bertz CT molecular complexity index is 810. The molecule has 0 saturated heterocycles. The highest BCUT2D eigenvalue weighted by Crippen LogP contribution is 2.29. The molecule has 0 radical (unpaired) electrons. The standard InChI is InChI=1S/C17H16BrN3OS/c1-12(18)11-23-17-20-19-16(15-8-9-22-13(15)2)21(17)10-14-6-4-3-5-7-14/h3-9H,1,10-11H2,2H3. The largest absolute Gasteiger partial charge is 0.469 e. The van der Waals surface area contributed by atoms with Crippen molar-refractivity contribution in [2.45, 2.75) is 18.6 Å². The molecule has 6 heteroatoms. The number of benzene rings is 1. The lowest BCUT2D eigenvalue weighted by Gasteiger charge is -2.10. The van der Waals surface area contributed by atoms with E-state index in [1.165, 1.54) is 5.56 Å². The molecule has 118 valence electrons. The van der Waals surface area contributed by atoms with Crippen LogP contribution in [0.15, 0.2) is 63.3 Å². The third-order valence-corrected chi connectivity index (χ3v) is 5.06. The molecule has 3 rings (SSSR count). The molecule has 0 spiro atoms. The number of rotatable bonds is 6. The van der Waals surface area contributed by atoms with Gasteiger partial charge in [0.2, 0.25) is 0 Å². The Hall–Kier alpha value is -1.79. The summed E-state index contributed by atoms with van der Waals surface area (Å²) in [6.07, 6.45) is 1.68. The molecule has 1 aromatic carbocycles. The predicted octanol–water partition coefficient (Wildman–Crippen LogP) is 4.90. The van der Waals surface area contributed by atoms with Crippen LogP contribution in [0, 0.1) is 6.92 Å². The molecular weight excluding hydrogens is 374 g/mol. The topological polar surface area (TPSA) is 43.9 Å². The maximum Gasteiger partial charge on any atom is 0.192 e. The first kappa shape index (κ1) is 16.1. The summed E-state index contributed by atoms with van der Waals surface area (Å²) in [4.78, 5) is 0. The van der Waals surface area contributed by atoms with Gasteiger partial charge in [0, 0.05) is 5.75 Å². The molecule has 2 heterocycles. The van der Waals surface area contributed by atoms with E-state index in [9.17, 15) is 0 Å². The highest BCUT2D eigenvalue weighted by Gasteiger charge is 2.17. The van der Waals surface area contributed by atoms with Crippen molar-refractivity contribution >= 4 is 27.7 Å². The van der Waals surface area contributed by atoms with Crippen molar-refractivity contribution < 1.29 is 4.42 Å². The Morgan fingerprint density at radius 2 is 2.04 bits per heavy atom. The molecule has 4 nitrogen and oxygen atoms in total. The van der Waals surface area contributed by atoms with E-state index in [0.29, 0.717) is 6.54 Å². The second-order valence-corrected chi connectivity index (χ2v) is 7.14. The Labute approximate surface area is 147 Å². The van der Waals surface area contributed by atoms with Crippen LogP contribution in [-0.4, -0.2) is 20.5 Å². The van der Waals surface area contributed by atoms with E-state index in [2.05, 4.69) is 49.4 Å². The van der Waals surface area contributed by atoms with E-state index >= 15 is 0 Å². The first-order valence-electron chi connectivity index (χ1n) is 7.13. The van der Waals surface area contributed by atoms with E-state index in [4.69, 9.17) is 4.42 Å². The number of furan rings is 1. The van der Waals surface area contributed by atoms with Crippen molar-refractivity contribution in [3.8, 4) is 11.4 Å². The fourth-order valence-corrected chi connectivity index (χ4v) is 3.30. The minimum atomic E-state index is 0.713. The van der Waals surface area contributed by atoms with Gasteiger partial charge in [-0.05, 0) is 23.0 Å². The normalized spacial score (nSPS) is 10.9. The van der Waals surface area contributed by atoms with Crippen LogP contribution in [0.2, 0.25) is 0 Å². The SMILES string of the molecule is C=C(Br)CSc1nnc(-c2ccoc2C)n1Cc1ccccc1. The van der Waals surface area contributed by atoms with Gasteiger partial charge in [0.25, 0.3) is 0 Å². The van der Waals surface area contributed by atoms with Gasteiger partial charge in [-0.3, -0.25) is 4.57 Å². The van der Waals surface area contributed by atoms with Gasteiger partial charge in [0.15, 0.2) is 11.0 Å². The van der Waals surface area contributed by atoms with Crippen LogP contribution in [0.25, 0.3) is 11.4 Å². The number of hydrogen-bond donors (Lipinski definition) is 0. The minimum Gasteiger partial charge on any atom is -0.469 e. The van der Waals surface area contributed by atoms with Crippen molar-refractivity contribution in [2.75, 3.05) is 5.75 Å². The summed E-state index contributed by atoms with van der Waals surface area (Å²) in [5.74, 6) is 2.41. The van der Waals surface area contributed by atoms with E-state index in [0.717, 1.165) is 32.5 Å². The summed E-state index contributed by atoms with van der Waals surface area (Å²) in [7, 11) is 0. The van der Waals surface area contributed by atoms with Crippen LogP contribution in [0.1, 0.15) is 11.3 Å². The lowest BCUT2D eigenvalue weighted by molar-refractivity contribution is 0.534. The lowest BCUT2D eigenvalue weighted by Crippen LogP contribution is -2.04. The highest BCUT2D eigenvalue weighted by atomic mass is 79.9. The van der Waals surface area contributed by atoms with Crippen LogP contribution in [-0.2, 0) is 6.54 Å². The van der Waals surface area contributed by atoms with E-state index in [-0.39, 0.29) is 0 Å². The quantitative estimate of drug-likeness (QED) is 0.562. The summed E-state index contributed by atoms with van der Waals surface area (Å²) >= 11 is 5.00. The minimum absolute atomic E-state index is 0.713. The zero-order valence-electron chi connectivity index (χ0n) is 12.7. The highest BCUT2D eigenvalue weighted by molar-refractivity contribution is 9.11. The van der Waals surface area contributed by atoms with Crippen molar-refractivity contribution in [1.82, 2.24) is 14.8 Å². The number of aromatic nitrogens is 3. The first-order chi connectivity index (χ1) is 11.1. The van der Waals surface area contributed by atoms with Crippen LogP contribution in [0.3, 0.4) is 0 Å². The van der Waals surface area contributed by atoms with Gasteiger partial charge in [-0.25, -0.2) is 0 Å². The maximum atomic E-state index is 5.42. The summed E-state index contributed by atoms with van der Waals surface area (Å²) in [5.41, 5.74) is 2.17. The van der Waals surface area contributed by atoms with Crippen molar-refractivity contribution in [1.29, 1.82) is 0 Å². The van der Waals surface area contributed by atoms with Gasteiger partial charge >= 0.3 is 0 Å². The molecule has 0 bridgehead atoms. The van der Waals surface area contributed by atoms with Gasteiger partial charge in [-0.1, -0.05) is 64.6 Å². The van der Waals surface area contributed by atoms with E-state index in [1.54, 1.807) is 18.0 Å². The maximum absolute atomic E-state index is 5.42. The number of thioether (sulfide) groups is 1. The molecular formula is C17H16BrN3OS. The van der Waals surface area contributed by atoms with Crippen molar-refractivity contribution in [3.05, 3.63) is 65.0 Å². The molecule has 0 aliphatic carbocycles. The molecule has 23 heavy (non-hydrogen) atoms. The zero-order chi connectivity index (χ0) is 16.2. The van der Waals surface area contributed by atoms with Crippen LogP contribution in [0.5, 0.6) is 0 Å². The Kier molecular flexibility index (Phi) is 5.03. The van der Waals surface area contributed by atoms with Crippen LogP contribution >= 0.6 is 27.7 Å². The molecule has 3 aromatic rings. The number of halogens is 1. The molecule has 0 aliphatic heterocycles. The fourth-order valence-electron chi connectivity index (χ4n) is 2.26. The number of aryl methyl sites for hydroxylation is 1. The van der Waals surface area contributed by atoms with Crippen LogP contribution < -0.4 is 0 Å². The Morgan fingerprint density at radius 3 is 2.70 bits per heavy atom. The second kappa shape index (κ2) is 7.19. The third-order valence-electron chi connectivity index (χ3n) is 3.36. The zero-order valence-corrected chi connectivity index (χ0v) is 15.1. The second-order valence-electron chi connectivity index (χ2n) is 5.07. The smallest absolute Gasteiger partial charge is 0.192 e. The summed E-state index contributed by atoms with van der Waals surface area (Å²) in [6, 6.07) is 12.2. The molecule has 0 unspecified atom stereocenters. The molecule has 0 N–H and O–H groups in total. The van der Waals surface area contributed by atoms with Gasteiger partial charge in [-0.2, -0.15) is 0 Å². The average Bonchev–Trinajstić information content (AvgIpc) is 3.12. The molecule has 2 aromatic heterocycles. The van der Waals surface area contributed by atoms with Crippen molar-refractivity contribution in [3.63, 3.8) is 0 Å². The molecule has 0 aliphatic rings. The van der Waals surface area contributed by atoms with Gasteiger partial charge in [0.05, 0.1) is 18.4 Å². The monoisotopic (exact) mass is 389 g/mol. The number of hydrogen-bond acceptors (Lipinski definition) is 4. The molecule has 0 saturated carbocycles. The van der Waals surface area contributed by atoms with Crippen molar-refractivity contribution in [2.24, 2.45) is 0 Å². The Balaban J connectivity index is 1.99. The van der Waals surface area contributed by atoms with E-state index < -0.39 is 0 Å². The molecule has 0 amide bonds. The average molecular weight is 390 g/mol. The first-order valence-corrected chi connectivity index (χ1v) is 8.90. The summed E-state index contributed by atoms with van der Waals surface area (Å²) < 4.78 is 8.47.